The molecule has 0 aromatic heterocycles. The van der Waals surface area contributed by atoms with Gasteiger partial charge in [-0.3, -0.25) is 14.4 Å². The van der Waals surface area contributed by atoms with Crippen molar-refractivity contribution in [2.75, 3.05) is 7.05 Å². The summed E-state index contributed by atoms with van der Waals surface area (Å²) in [5.74, 6) is -3.36. The van der Waals surface area contributed by atoms with Crippen molar-refractivity contribution in [1.82, 2.24) is 5.32 Å². The molecule has 0 amide bonds. The lowest BCUT2D eigenvalue weighted by atomic mass is 9.84. The summed E-state index contributed by atoms with van der Waals surface area (Å²) in [5.41, 5.74) is 7.28. The van der Waals surface area contributed by atoms with Gasteiger partial charge in [0.1, 0.15) is 12.6 Å². The van der Waals surface area contributed by atoms with E-state index in [0.717, 1.165) is 5.56 Å². The van der Waals surface area contributed by atoms with Crippen LogP contribution in [0.4, 0.5) is 0 Å². The van der Waals surface area contributed by atoms with Crippen molar-refractivity contribution in [1.29, 1.82) is 0 Å². The zero-order chi connectivity index (χ0) is 20.5. The first-order valence-corrected chi connectivity index (χ1v) is 8.88. The van der Waals surface area contributed by atoms with E-state index < -0.39 is 35.7 Å². The Morgan fingerprint density at radius 1 is 1.04 bits per heavy atom. The number of ketones is 1. The van der Waals surface area contributed by atoms with E-state index in [2.05, 4.69) is 5.32 Å². The van der Waals surface area contributed by atoms with Crippen molar-refractivity contribution in [3.63, 3.8) is 0 Å². The molecule has 2 aromatic rings. The first-order valence-electron chi connectivity index (χ1n) is 8.88. The first-order chi connectivity index (χ1) is 13.4. The number of hydrogen-bond donors (Lipinski definition) is 3. The van der Waals surface area contributed by atoms with Crippen LogP contribution in [-0.2, 0) is 25.7 Å². The number of ether oxygens (including phenoxy) is 1. The number of hydrogen-bond acceptors (Lipinski definition) is 6. The van der Waals surface area contributed by atoms with Gasteiger partial charge in [-0.25, -0.2) is 0 Å². The summed E-state index contributed by atoms with van der Waals surface area (Å²) in [6, 6.07) is 15.3. The monoisotopic (exact) mass is 384 g/mol. The van der Waals surface area contributed by atoms with Crippen molar-refractivity contribution in [3.8, 4) is 0 Å². The number of carboxylic acid groups (broad SMARTS) is 1. The predicted molar refractivity (Wildman–Crippen MR) is 104 cm³/mol. The van der Waals surface area contributed by atoms with Crippen molar-refractivity contribution < 1.29 is 24.2 Å². The molecule has 7 nitrogen and oxygen atoms in total. The van der Waals surface area contributed by atoms with Crippen LogP contribution in [0.25, 0.3) is 0 Å². The third kappa shape index (κ3) is 5.73. The molecule has 2 rings (SSSR count). The maximum atomic E-state index is 12.9. The number of rotatable bonds is 10. The van der Waals surface area contributed by atoms with E-state index in [1.165, 1.54) is 7.05 Å². The van der Waals surface area contributed by atoms with Crippen LogP contribution in [0.5, 0.6) is 0 Å². The van der Waals surface area contributed by atoms with Gasteiger partial charge in [-0.05, 0) is 18.2 Å². The summed E-state index contributed by atoms with van der Waals surface area (Å²) in [7, 11) is 1.46. The molecule has 0 saturated heterocycles. The van der Waals surface area contributed by atoms with Crippen LogP contribution in [0.1, 0.15) is 23.5 Å². The molecule has 1 unspecified atom stereocenters. The van der Waals surface area contributed by atoms with Crippen LogP contribution in [-0.4, -0.2) is 42.0 Å². The van der Waals surface area contributed by atoms with Crippen LogP contribution in [0.3, 0.4) is 0 Å². The molecule has 0 aliphatic rings. The van der Waals surface area contributed by atoms with Crippen LogP contribution in [0.15, 0.2) is 60.7 Å². The number of aliphatic carboxylic acids is 1. The number of carbonyl (C=O) groups is 3. The Morgan fingerprint density at radius 2 is 1.61 bits per heavy atom. The summed E-state index contributed by atoms with van der Waals surface area (Å²) in [5, 5.41) is 12.1. The van der Waals surface area contributed by atoms with Crippen LogP contribution < -0.4 is 11.1 Å². The van der Waals surface area contributed by atoms with Gasteiger partial charge in [0, 0.05) is 0 Å². The van der Waals surface area contributed by atoms with Gasteiger partial charge in [0.05, 0.1) is 18.4 Å². The highest BCUT2D eigenvalue weighted by Crippen LogP contribution is 2.23. The number of carboxylic acids is 1. The van der Waals surface area contributed by atoms with E-state index in [0.29, 0.717) is 5.56 Å². The molecule has 3 atom stereocenters. The standard InChI is InChI=1S/C21H24N2O5/c1-23-19(21(26)27)18(15-10-6-3-7-11-15)20(25)16(22)12-17(24)28-13-14-8-4-2-5-9-14/h2-11,16,18-19,23H,12-13,22H2,1H3,(H,26,27)/t16-,18?,19-/m0/s1. The van der Waals surface area contributed by atoms with Crippen molar-refractivity contribution in [2.45, 2.75) is 31.0 Å². The van der Waals surface area contributed by atoms with Crippen LogP contribution >= 0.6 is 0 Å². The average molecular weight is 384 g/mol. The molecular weight excluding hydrogens is 360 g/mol. The Hall–Kier alpha value is -3.03. The Kier molecular flexibility index (Phi) is 7.86. The molecule has 148 valence electrons. The minimum absolute atomic E-state index is 0.0803. The number of nitrogens with one attached hydrogen (secondary N) is 1. The smallest absolute Gasteiger partial charge is 0.321 e. The molecule has 0 spiro atoms. The van der Waals surface area contributed by atoms with Crippen LogP contribution in [0, 0.1) is 0 Å². The van der Waals surface area contributed by atoms with Gasteiger partial charge in [-0.2, -0.15) is 0 Å². The molecule has 2 aromatic carbocycles. The average Bonchev–Trinajstić information content (AvgIpc) is 2.71. The molecular formula is C21H24N2O5. The van der Waals surface area contributed by atoms with E-state index in [9.17, 15) is 19.5 Å². The number of benzene rings is 2. The maximum absolute atomic E-state index is 12.9. The summed E-state index contributed by atoms with van der Waals surface area (Å²) in [6.45, 7) is 0.0803. The Balaban J connectivity index is 2.08. The van der Waals surface area contributed by atoms with Gasteiger partial charge >= 0.3 is 11.9 Å². The van der Waals surface area contributed by atoms with E-state index in [-0.39, 0.29) is 13.0 Å². The molecule has 0 aliphatic carbocycles. The number of esters is 1. The van der Waals surface area contributed by atoms with E-state index in [4.69, 9.17) is 10.5 Å². The molecule has 0 saturated carbocycles. The molecule has 0 heterocycles. The molecule has 7 heteroatoms. The second kappa shape index (κ2) is 10.3. The number of likely N-dealkylation sites (N-methyl/N-ethyl adjacent to an activating group) is 1. The molecule has 0 radical (unpaired) electrons. The lowest BCUT2D eigenvalue weighted by Crippen LogP contribution is -2.48. The Bertz CT molecular complexity index is 795. The lowest BCUT2D eigenvalue weighted by molar-refractivity contribution is -0.147. The SMILES string of the molecule is CN[C@H](C(=O)O)C(C(=O)[C@@H](N)CC(=O)OCc1ccccc1)c1ccccc1. The van der Waals surface area contributed by atoms with Gasteiger partial charge in [0.25, 0.3) is 0 Å². The molecule has 0 bridgehead atoms. The third-order valence-electron chi connectivity index (χ3n) is 4.37. The highest BCUT2D eigenvalue weighted by atomic mass is 16.5. The van der Waals surface area contributed by atoms with Crippen LogP contribution in [0.2, 0.25) is 0 Å². The summed E-state index contributed by atoms with van der Waals surface area (Å²) < 4.78 is 5.17. The molecule has 28 heavy (non-hydrogen) atoms. The normalized spacial score (nSPS) is 13.9. The fraction of sp³-hybridized carbons (Fsp3) is 0.286. The van der Waals surface area contributed by atoms with Gasteiger partial charge < -0.3 is 20.9 Å². The zero-order valence-corrected chi connectivity index (χ0v) is 15.6. The minimum atomic E-state index is -1.18. The first kappa shape index (κ1) is 21.3. The van der Waals surface area contributed by atoms with Crippen molar-refractivity contribution in [2.24, 2.45) is 5.73 Å². The number of carbonyl (C=O) groups excluding carboxylic acids is 2. The largest absolute Gasteiger partial charge is 0.480 e. The van der Waals surface area contributed by atoms with Crippen molar-refractivity contribution >= 4 is 17.7 Å². The van der Waals surface area contributed by atoms with E-state index in [1.807, 2.05) is 30.3 Å². The summed E-state index contributed by atoms with van der Waals surface area (Å²) in [6.07, 6.45) is -0.328. The summed E-state index contributed by atoms with van der Waals surface area (Å²) in [4.78, 5) is 36.6. The van der Waals surface area contributed by atoms with Gasteiger partial charge in [-0.1, -0.05) is 60.7 Å². The van der Waals surface area contributed by atoms with E-state index in [1.54, 1.807) is 30.3 Å². The fourth-order valence-electron chi connectivity index (χ4n) is 2.92. The number of Topliss-reactive ketones (excluding diaryl/α,β-unsaturated/α-hetero) is 1. The Morgan fingerprint density at radius 3 is 2.14 bits per heavy atom. The minimum Gasteiger partial charge on any atom is -0.480 e. The maximum Gasteiger partial charge on any atom is 0.321 e. The third-order valence-corrected chi connectivity index (χ3v) is 4.37. The topological polar surface area (TPSA) is 119 Å². The predicted octanol–water partition coefficient (Wildman–Crippen LogP) is 1.47. The van der Waals surface area contributed by atoms with Gasteiger partial charge in [0.2, 0.25) is 0 Å². The summed E-state index contributed by atoms with van der Waals surface area (Å²) >= 11 is 0. The lowest BCUT2D eigenvalue weighted by Gasteiger charge is -2.25. The highest BCUT2D eigenvalue weighted by Gasteiger charge is 2.37. The second-order valence-electron chi connectivity index (χ2n) is 6.35. The Labute approximate surface area is 163 Å². The zero-order valence-electron chi connectivity index (χ0n) is 15.6. The number of nitrogens with two attached hydrogens (primary N) is 1. The van der Waals surface area contributed by atoms with Gasteiger partial charge in [-0.15, -0.1) is 0 Å². The fourth-order valence-corrected chi connectivity index (χ4v) is 2.92. The second-order valence-corrected chi connectivity index (χ2v) is 6.35. The molecule has 0 aliphatic heterocycles. The van der Waals surface area contributed by atoms with Crippen molar-refractivity contribution in [3.05, 3.63) is 71.8 Å². The quantitative estimate of drug-likeness (QED) is 0.531. The van der Waals surface area contributed by atoms with E-state index >= 15 is 0 Å². The molecule has 0 fully saturated rings. The highest BCUT2D eigenvalue weighted by molar-refractivity contribution is 5.97. The molecule has 4 N–H and O–H groups in total. The van der Waals surface area contributed by atoms with Gasteiger partial charge in [0.15, 0.2) is 5.78 Å².